The van der Waals surface area contributed by atoms with Crippen molar-refractivity contribution in [2.45, 2.75) is 25.7 Å². The van der Waals surface area contributed by atoms with Crippen LogP contribution in [-0.2, 0) is 11.2 Å². The standard InChI is InChI=1S/C13H16ClNO2/c14-11-9-10(4-6-13(16)17)3-5-12(11)15-7-1-2-8-15/h3,5,9H,1-2,4,6-8H2,(H,16,17). The number of hydrogen-bond acceptors (Lipinski definition) is 2. The molecule has 4 heteroatoms. The number of benzene rings is 1. The molecule has 1 N–H and O–H groups in total. The summed E-state index contributed by atoms with van der Waals surface area (Å²) in [7, 11) is 0. The molecule has 0 saturated carbocycles. The first-order chi connectivity index (χ1) is 8.16. The minimum absolute atomic E-state index is 0.152. The lowest BCUT2D eigenvalue weighted by Gasteiger charge is -2.19. The average molecular weight is 254 g/mol. The summed E-state index contributed by atoms with van der Waals surface area (Å²) in [6.07, 6.45) is 3.13. The first-order valence-corrected chi connectivity index (χ1v) is 6.30. The Bertz CT molecular complexity index is 414. The number of anilines is 1. The lowest BCUT2D eigenvalue weighted by Crippen LogP contribution is -2.17. The first kappa shape index (κ1) is 12.2. The van der Waals surface area contributed by atoms with E-state index in [0.717, 1.165) is 29.4 Å². The van der Waals surface area contributed by atoms with E-state index in [4.69, 9.17) is 16.7 Å². The Morgan fingerprint density at radius 1 is 1.35 bits per heavy atom. The van der Waals surface area contributed by atoms with Gasteiger partial charge in [-0.05, 0) is 37.0 Å². The summed E-state index contributed by atoms with van der Waals surface area (Å²) in [6, 6.07) is 5.87. The van der Waals surface area contributed by atoms with Crippen LogP contribution in [0.5, 0.6) is 0 Å². The molecule has 0 radical (unpaired) electrons. The molecule has 17 heavy (non-hydrogen) atoms. The quantitative estimate of drug-likeness (QED) is 0.897. The van der Waals surface area contributed by atoms with Gasteiger partial charge in [0.2, 0.25) is 0 Å². The molecule has 2 rings (SSSR count). The molecule has 3 nitrogen and oxygen atoms in total. The van der Waals surface area contributed by atoms with Crippen LogP contribution in [0.25, 0.3) is 0 Å². The second kappa shape index (κ2) is 5.41. The molecule has 0 bridgehead atoms. The van der Waals surface area contributed by atoms with Gasteiger partial charge < -0.3 is 10.0 Å². The molecule has 1 aromatic rings. The van der Waals surface area contributed by atoms with E-state index in [1.807, 2.05) is 18.2 Å². The van der Waals surface area contributed by atoms with Gasteiger partial charge in [-0.3, -0.25) is 4.79 Å². The van der Waals surface area contributed by atoms with Crippen LogP contribution in [0, 0.1) is 0 Å². The number of nitrogens with zero attached hydrogens (tertiary/aromatic N) is 1. The third-order valence-corrected chi connectivity index (χ3v) is 3.39. The van der Waals surface area contributed by atoms with Crippen molar-refractivity contribution in [3.63, 3.8) is 0 Å². The van der Waals surface area contributed by atoms with Crippen LogP contribution in [0.15, 0.2) is 18.2 Å². The topological polar surface area (TPSA) is 40.5 Å². The minimum atomic E-state index is -0.773. The highest BCUT2D eigenvalue weighted by Crippen LogP contribution is 2.29. The van der Waals surface area contributed by atoms with E-state index < -0.39 is 5.97 Å². The Balaban J connectivity index is 2.08. The van der Waals surface area contributed by atoms with Crippen molar-refractivity contribution >= 4 is 23.3 Å². The molecule has 1 saturated heterocycles. The van der Waals surface area contributed by atoms with Gasteiger partial charge in [-0.2, -0.15) is 0 Å². The van der Waals surface area contributed by atoms with Gasteiger partial charge in [0.05, 0.1) is 10.7 Å². The van der Waals surface area contributed by atoms with E-state index in [0.29, 0.717) is 6.42 Å². The maximum atomic E-state index is 10.5. The van der Waals surface area contributed by atoms with Gasteiger partial charge in [0.15, 0.2) is 0 Å². The van der Waals surface area contributed by atoms with E-state index in [9.17, 15) is 4.79 Å². The van der Waals surface area contributed by atoms with Crippen molar-refractivity contribution < 1.29 is 9.90 Å². The fraction of sp³-hybridized carbons (Fsp3) is 0.462. The lowest BCUT2D eigenvalue weighted by molar-refractivity contribution is -0.136. The Labute approximate surface area is 106 Å². The molecule has 0 aliphatic carbocycles. The summed E-state index contributed by atoms with van der Waals surface area (Å²) >= 11 is 6.24. The van der Waals surface area contributed by atoms with E-state index in [-0.39, 0.29) is 6.42 Å². The maximum Gasteiger partial charge on any atom is 0.303 e. The summed E-state index contributed by atoms with van der Waals surface area (Å²) < 4.78 is 0. The van der Waals surface area contributed by atoms with Crippen LogP contribution in [0.4, 0.5) is 5.69 Å². The number of hydrogen-bond donors (Lipinski definition) is 1. The van der Waals surface area contributed by atoms with E-state index in [1.54, 1.807) is 0 Å². The molecule has 1 aliphatic rings. The summed E-state index contributed by atoms with van der Waals surface area (Å²) in [5.41, 5.74) is 2.06. The van der Waals surface area contributed by atoms with Crippen molar-refractivity contribution in [2.24, 2.45) is 0 Å². The highest BCUT2D eigenvalue weighted by molar-refractivity contribution is 6.33. The second-order valence-corrected chi connectivity index (χ2v) is 4.78. The van der Waals surface area contributed by atoms with Gasteiger partial charge in [0.1, 0.15) is 0 Å². The first-order valence-electron chi connectivity index (χ1n) is 5.92. The third-order valence-electron chi connectivity index (χ3n) is 3.09. The molecular weight excluding hydrogens is 238 g/mol. The third kappa shape index (κ3) is 3.13. The van der Waals surface area contributed by atoms with E-state index >= 15 is 0 Å². The molecule has 0 amide bonds. The fourth-order valence-corrected chi connectivity index (χ4v) is 2.49. The fourth-order valence-electron chi connectivity index (χ4n) is 2.17. The van der Waals surface area contributed by atoms with Gasteiger partial charge in [0.25, 0.3) is 0 Å². The monoisotopic (exact) mass is 253 g/mol. The van der Waals surface area contributed by atoms with Crippen LogP contribution in [0.1, 0.15) is 24.8 Å². The summed E-state index contributed by atoms with van der Waals surface area (Å²) in [4.78, 5) is 12.8. The molecule has 1 fully saturated rings. The molecule has 0 spiro atoms. The zero-order valence-electron chi connectivity index (χ0n) is 9.66. The highest BCUT2D eigenvalue weighted by atomic mass is 35.5. The molecule has 92 valence electrons. The van der Waals surface area contributed by atoms with Crippen molar-refractivity contribution in [1.29, 1.82) is 0 Å². The Morgan fingerprint density at radius 2 is 2.06 bits per heavy atom. The molecular formula is C13H16ClNO2. The van der Waals surface area contributed by atoms with Crippen LogP contribution in [0.3, 0.4) is 0 Å². The molecule has 1 heterocycles. The van der Waals surface area contributed by atoms with Crippen LogP contribution in [0.2, 0.25) is 5.02 Å². The predicted octanol–water partition coefficient (Wildman–Crippen LogP) is 2.96. The number of halogens is 1. The lowest BCUT2D eigenvalue weighted by atomic mass is 10.1. The SMILES string of the molecule is O=C(O)CCc1ccc(N2CCCC2)c(Cl)c1. The van der Waals surface area contributed by atoms with Gasteiger partial charge >= 0.3 is 5.97 Å². The molecule has 0 atom stereocenters. The van der Waals surface area contributed by atoms with Crippen molar-refractivity contribution in [3.8, 4) is 0 Å². The van der Waals surface area contributed by atoms with Crippen molar-refractivity contribution in [2.75, 3.05) is 18.0 Å². The van der Waals surface area contributed by atoms with Crippen LogP contribution in [-0.4, -0.2) is 24.2 Å². The number of carboxylic acid groups (broad SMARTS) is 1. The number of aryl methyl sites for hydroxylation is 1. The van der Waals surface area contributed by atoms with Gasteiger partial charge in [-0.1, -0.05) is 17.7 Å². The molecule has 0 aromatic heterocycles. The number of carbonyl (C=O) groups is 1. The Hall–Kier alpha value is -1.22. The second-order valence-electron chi connectivity index (χ2n) is 4.37. The largest absolute Gasteiger partial charge is 0.481 e. The number of carboxylic acids is 1. The number of rotatable bonds is 4. The minimum Gasteiger partial charge on any atom is -0.481 e. The van der Waals surface area contributed by atoms with Gasteiger partial charge in [-0.25, -0.2) is 0 Å². The maximum absolute atomic E-state index is 10.5. The predicted molar refractivity (Wildman–Crippen MR) is 68.9 cm³/mol. The zero-order chi connectivity index (χ0) is 12.3. The van der Waals surface area contributed by atoms with E-state index in [1.165, 1.54) is 12.8 Å². The Morgan fingerprint density at radius 3 is 2.65 bits per heavy atom. The highest BCUT2D eigenvalue weighted by Gasteiger charge is 2.15. The summed E-state index contributed by atoms with van der Waals surface area (Å²) in [5, 5.41) is 9.36. The average Bonchev–Trinajstić information content (AvgIpc) is 2.79. The van der Waals surface area contributed by atoms with E-state index in [2.05, 4.69) is 4.90 Å². The summed E-state index contributed by atoms with van der Waals surface area (Å²) in [6.45, 7) is 2.13. The normalized spacial score (nSPS) is 15.2. The smallest absolute Gasteiger partial charge is 0.303 e. The summed E-state index contributed by atoms with van der Waals surface area (Å²) in [5.74, 6) is -0.773. The van der Waals surface area contributed by atoms with Crippen molar-refractivity contribution in [1.82, 2.24) is 0 Å². The molecule has 0 unspecified atom stereocenters. The number of aliphatic carboxylic acids is 1. The zero-order valence-corrected chi connectivity index (χ0v) is 10.4. The molecule has 1 aromatic carbocycles. The van der Waals surface area contributed by atoms with Crippen LogP contribution < -0.4 is 4.90 Å². The molecule has 1 aliphatic heterocycles. The van der Waals surface area contributed by atoms with Gasteiger partial charge in [0, 0.05) is 19.5 Å². The Kier molecular flexibility index (Phi) is 3.89. The van der Waals surface area contributed by atoms with Gasteiger partial charge in [-0.15, -0.1) is 0 Å². The van der Waals surface area contributed by atoms with Crippen molar-refractivity contribution in [3.05, 3.63) is 28.8 Å². The van der Waals surface area contributed by atoms with Crippen LogP contribution >= 0.6 is 11.6 Å².